The molecule has 2 heterocycles. The van der Waals surface area contributed by atoms with Crippen molar-refractivity contribution in [2.45, 2.75) is 19.4 Å². The zero-order chi connectivity index (χ0) is 16.1. The number of rotatable bonds is 5. The summed E-state index contributed by atoms with van der Waals surface area (Å²) in [5.41, 5.74) is 1.45. The molecule has 0 saturated heterocycles. The summed E-state index contributed by atoms with van der Waals surface area (Å²) >= 11 is 0. The van der Waals surface area contributed by atoms with E-state index in [1.54, 1.807) is 35.4 Å². The lowest BCUT2D eigenvalue weighted by molar-refractivity contribution is 0.0930. The number of pyridine rings is 1. The highest BCUT2D eigenvalue weighted by atomic mass is 16.1. The first kappa shape index (κ1) is 14.9. The van der Waals surface area contributed by atoms with Gasteiger partial charge in [-0.25, -0.2) is 4.98 Å². The maximum Gasteiger partial charge on any atom is 0.270 e. The van der Waals surface area contributed by atoms with Crippen molar-refractivity contribution in [3.8, 4) is 5.82 Å². The molecule has 1 unspecified atom stereocenters. The van der Waals surface area contributed by atoms with Gasteiger partial charge in [-0.2, -0.15) is 0 Å². The third-order valence-electron chi connectivity index (χ3n) is 3.57. The molecule has 0 bridgehead atoms. The smallest absolute Gasteiger partial charge is 0.270 e. The van der Waals surface area contributed by atoms with Crippen molar-refractivity contribution in [1.29, 1.82) is 0 Å². The fourth-order valence-electron chi connectivity index (χ4n) is 2.35. The first-order chi connectivity index (χ1) is 11.3. The molecule has 6 nitrogen and oxygen atoms in total. The summed E-state index contributed by atoms with van der Waals surface area (Å²) in [6.45, 7) is 2.04. The van der Waals surface area contributed by atoms with Gasteiger partial charge < -0.3 is 5.32 Å². The van der Waals surface area contributed by atoms with Crippen LogP contribution in [-0.2, 0) is 0 Å². The van der Waals surface area contributed by atoms with Gasteiger partial charge in [0.2, 0.25) is 0 Å². The van der Waals surface area contributed by atoms with Gasteiger partial charge in [0.05, 0.1) is 6.04 Å². The van der Waals surface area contributed by atoms with Crippen LogP contribution in [0.1, 0.15) is 35.4 Å². The zero-order valence-corrected chi connectivity index (χ0v) is 12.8. The molecule has 1 aromatic carbocycles. The molecule has 2 aromatic heterocycles. The van der Waals surface area contributed by atoms with E-state index in [-0.39, 0.29) is 11.9 Å². The van der Waals surface area contributed by atoms with Gasteiger partial charge in [0.25, 0.3) is 5.91 Å². The van der Waals surface area contributed by atoms with Crippen molar-refractivity contribution in [3.63, 3.8) is 0 Å². The molecule has 0 spiro atoms. The monoisotopic (exact) mass is 307 g/mol. The lowest BCUT2D eigenvalue weighted by Gasteiger charge is -2.17. The molecule has 0 saturated carbocycles. The molecule has 0 fully saturated rings. The van der Waals surface area contributed by atoms with Crippen LogP contribution in [0.25, 0.3) is 5.82 Å². The summed E-state index contributed by atoms with van der Waals surface area (Å²) in [7, 11) is 0. The lowest BCUT2D eigenvalue weighted by atomic mass is 10.0. The number of carbonyl (C=O) groups is 1. The summed E-state index contributed by atoms with van der Waals surface area (Å²) in [4.78, 5) is 16.9. The van der Waals surface area contributed by atoms with Crippen molar-refractivity contribution in [2.75, 3.05) is 0 Å². The molecule has 6 heteroatoms. The van der Waals surface area contributed by atoms with Crippen LogP contribution >= 0.6 is 0 Å². The molecule has 0 aliphatic heterocycles. The number of carbonyl (C=O) groups excluding carboxylic acids is 1. The summed E-state index contributed by atoms with van der Waals surface area (Å²) in [5, 5.41) is 10.5. The standard InChI is InChI=1S/C17H17N5O/c1-2-14(13-7-4-3-5-8-13)21-17(23)15-9-6-10-16(20-15)22-11-18-19-12-22/h3-12,14H,2H2,1H3,(H,21,23). The summed E-state index contributed by atoms with van der Waals surface area (Å²) in [6, 6.07) is 15.2. The highest BCUT2D eigenvalue weighted by Crippen LogP contribution is 2.16. The van der Waals surface area contributed by atoms with Crippen LogP contribution in [-0.4, -0.2) is 25.7 Å². The number of nitrogens with zero attached hydrogens (tertiary/aromatic N) is 4. The van der Waals surface area contributed by atoms with Crippen LogP contribution in [0.3, 0.4) is 0 Å². The van der Waals surface area contributed by atoms with Gasteiger partial charge in [0.15, 0.2) is 0 Å². The Morgan fingerprint density at radius 1 is 1.09 bits per heavy atom. The highest BCUT2D eigenvalue weighted by molar-refractivity contribution is 5.92. The fourth-order valence-corrected chi connectivity index (χ4v) is 2.35. The van der Waals surface area contributed by atoms with Gasteiger partial charge in [0, 0.05) is 0 Å². The van der Waals surface area contributed by atoms with Crippen molar-refractivity contribution >= 4 is 5.91 Å². The van der Waals surface area contributed by atoms with Crippen LogP contribution in [0.2, 0.25) is 0 Å². The Labute approximate surface area is 134 Å². The van der Waals surface area contributed by atoms with E-state index in [2.05, 4.69) is 20.5 Å². The third kappa shape index (κ3) is 3.42. The molecular weight excluding hydrogens is 290 g/mol. The lowest BCUT2D eigenvalue weighted by Crippen LogP contribution is -2.29. The molecule has 1 N–H and O–H groups in total. The molecule has 23 heavy (non-hydrogen) atoms. The minimum atomic E-state index is -0.198. The van der Waals surface area contributed by atoms with Crippen molar-refractivity contribution in [2.24, 2.45) is 0 Å². The quantitative estimate of drug-likeness (QED) is 0.786. The Kier molecular flexibility index (Phi) is 4.42. The molecule has 0 aliphatic rings. The van der Waals surface area contributed by atoms with E-state index in [0.29, 0.717) is 11.5 Å². The van der Waals surface area contributed by atoms with Gasteiger partial charge in [-0.1, -0.05) is 43.3 Å². The average Bonchev–Trinajstić information content (AvgIpc) is 3.15. The van der Waals surface area contributed by atoms with Gasteiger partial charge in [-0.3, -0.25) is 9.36 Å². The van der Waals surface area contributed by atoms with E-state index in [9.17, 15) is 4.79 Å². The molecule has 0 radical (unpaired) electrons. The van der Waals surface area contributed by atoms with E-state index in [4.69, 9.17) is 0 Å². The molecule has 0 aliphatic carbocycles. The van der Waals surface area contributed by atoms with Crippen molar-refractivity contribution in [3.05, 3.63) is 72.4 Å². The Morgan fingerprint density at radius 2 is 1.83 bits per heavy atom. The van der Waals surface area contributed by atoms with E-state index < -0.39 is 0 Å². The largest absolute Gasteiger partial charge is 0.344 e. The molecule has 1 amide bonds. The predicted molar refractivity (Wildman–Crippen MR) is 86.1 cm³/mol. The molecular formula is C17H17N5O. The van der Waals surface area contributed by atoms with Crippen LogP contribution in [0.5, 0.6) is 0 Å². The third-order valence-corrected chi connectivity index (χ3v) is 3.57. The first-order valence-electron chi connectivity index (χ1n) is 7.46. The SMILES string of the molecule is CCC(NC(=O)c1cccc(-n2cnnc2)n1)c1ccccc1. The highest BCUT2D eigenvalue weighted by Gasteiger charge is 2.15. The topological polar surface area (TPSA) is 72.7 Å². The second-order valence-electron chi connectivity index (χ2n) is 5.10. The molecule has 3 aromatic rings. The minimum absolute atomic E-state index is 0.0379. The van der Waals surface area contributed by atoms with Gasteiger partial charge in [-0.15, -0.1) is 10.2 Å². The van der Waals surface area contributed by atoms with Crippen LogP contribution < -0.4 is 5.32 Å². The van der Waals surface area contributed by atoms with Crippen LogP contribution in [0, 0.1) is 0 Å². The van der Waals surface area contributed by atoms with Crippen molar-refractivity contribution in [1.82, 2.24) is 25.1 Å². The van der Waals surface area contributed by atoms with Gasteiger partial charge in [0.1, 0.15) is 24.2 Å². The number of amides is 1. The Morgan fingerprint density at radius 3 is 2.52 bits per heavy atom. The Bertz CT molecular complexity index is 771. The number of hydrogen-bond acceptors (Lipinski definition) is 4. The predicted octanol–water partition coefficient (Wildman–Crippen LogP) is 2.54. The second kappa shape index (κ2) is 6.83. The average molecular weight is 307 g/mol. The maximum atomic E-state index is 12.5. The summed E-state index contributed by atoms with van der Waals surface area (Å²) < 4.78 is 1.66. The first-order valence-corrected chi connectivity index (χ1v) is 7.46. The Hall–Kier alpha value is -3.02. The normalized spacial score (nSPS) is 11.9. The maximum absolute atomic E-state index is 12.5. The van der Waals surface area contributed by atoms with Gasteiger partial charge >= 0.3 is 0 Å². The number of benzene rings is 1. The number of nitrogens with one attached hydrogen (secondary N) is 1. The number of aromatic nitrogens is 4. The van der Waals surface area contributed by atoms with E-state index >= 15 is 0 Å². The number of hydrogen-bond donors (Lipinski definition) is 1. The van der Waals surface area contributed by atoms with E-state index in [1.165, 1.54) is 0 Å². The van der Waals surface area contributed by atoms with E-state index in [0.717, 1.165) is 12.0 Å². The van der Waals surface area contributed by atoms with Gasteiger partial charge in [-0.05, 0) is 24.1 Å². The summed E-state index contributed by atoms with van der Waals surface area (Å²) in [6.07, 6.45) is 3.90. The molecule has 116 valence electrons. The summed E-state index contributed by atoms with van der Waals surface area (Å²) in [5.74, 6) is 0.408. The molecule has 1 atom stereocenters. The zero-order valence-electron chi connectivity index (χ0n) is 12.8. The molecule has 3 rings (SSSR count). The Balaban J connectivity index is 1.79. The van der Waals surface area contributed by atoms with Crippen LogP contribution in [0.15, 0.2) is 61.2 Å². The second-order valence-corrected chi connectivity index (χ2v) is 5.10. The van der Waals surface area contributed by atoms with Crippen LogP contribution in [0.4, 0.5) is 0 Å². The van der Waals surface area contributed by atoms with Crippen molar-refractivity contribution < 1.29 is 4.79 Å². The van der Waals surface area contributed by atoms with E-state index in [1.807, 2.05) is 37.3 Å². The fraction of sp³-hybridized carbons (Fsp3) is 0.176. The minimum Gasteiger partial charge on any atom is -0.344 e.